The molecular weight excluding hydrogens is 240 g/mol. The van der Waals surface area contributed by atoms with Gasteiger partial charge in [0.15, 0.2) is 5.82 Å². The molecule has 1 amide bonds. The molecule has 5 heteroatoms. The number of aromatic amines is 1. The number of fused-ring (bicyclic) bond motifs is 1. The molecule has 100 valence electrons. The maximum absolute atomic E-state index is 12.4. The van der Waals surface area contributed by atoms with E-state index in [9.17, 15) is 4.79 Å². The first-order chi connectivity index (χ1) is 9.15. The van der Waals surface area contributed by atoms with Crippen LogP contribution in [0.1, 0.15) is 23.1 Å². The lowest BCUT2D eigenvalue weighted by Crippen LogP contribution is -2.51. The third kappa shape index (κ3) is 2.21. The van der Waals surface area contributed by atoms with Crippen molar-refractivity contribution in [2.45, 2.75) is 19.9 Å². The quantitative estimate of drug-likeness (QED) is 0.810. The molecule has 1 atom stereocenters. The van der Waals surface area contributed by atoms with Gasteiger partial charge in [0.05, 0.1) is 11.0 Å². The maximum Gasteiger partial charge on any atom is 0.289 e. The minimum atomic E-state index is -0.0102. The molecule has 0 radical (unpaired) electrons. The zero-order valence-corrected chi connectivity index (χ0v) is 11.2. The fourth-order valence-electron chi connectivity index (χ4n) is 2.54. The van der Waals surface area contributed by atoms with E-state index in [1.807, 2.05) is 30.0 Å². The Morgan fingerprint density at radius 1 is 1.47 bits per heavy atom. The van der Waals surface area contributed by atoms with E-state index in [0.29, 0.717) is 11.9 Å². The number of hydrogen-bond donors (Lipinski definition) is 2. The van der Waals surface area contributed by atoms with E-state index in [1.165, 1.54) is 0 Å². The molecule has 0 saturated carbocycles. The van der Waals surface area contributed by atoms with E-state index in [0.717, 1.165) is 36.2 Å². The number of imidazole rings is 1. The van der Waals surface area contributed by atoms with Crippen LogP contribution in [0.4, 0.5) is 0 Å². The Hall–Kier alpha value is -1.88. The lowest BCUT2D eigenvalue weighted by atomic mass is 10.2. The molecular formula is C14H18N4O. The van der Waals surface area contributed by atoms with Crippen molar-refractivity contribution in [3.8, 4) is 0 Å². The second-order valence-corrected chi connectivity index (χ2v) is 5.16. The SMILES string of the molecule is Cc1cccc2[nH]c(C(=O)N3CCN[C@H](C)C3)nc12. The average Bonchev–Trinajstić information content (AvgIpc) is 2.83. The van der Waals surface area contributed by atoms with Gasteiger partial charge in [0.25, 0.3) is 5.91 Å². The zero-order chi connectivity index (χ0) is 13.4. The summed E-state index contributed by atoms with van der Waals surface area (Å²) in [6.07, 6.45) is 0. The fraction of sp³-hybridized carbons (Fsp3) is 0.429. The predicted molar refractivity (Wildman–Crippen MR) is 74.2 cm³/mol. The second-order valence-electron chi connectivity index (χ2n) is 5.16. The highest BCUT2D eigenvalue weighted by Gasteiger charge is 2.24. The Morgan fingerprint density at radius 3 is 3.05 bits per heavy atom. The van der Waals surface area contributed by atoms with Gasteiger partial charge in [-0.15, -0.1) is 0 Å². The van der Waals surface area contributed by atoms with E-state index in [1.54, 1.807) is 0 Å². The number of hydrogen-bond acceptors (Lipinski definition) is 3. The van der Waals surface area contributed by atoms with E-state index in [2.05, 4.69) is 22.2 Å². The number of benzene rings is 1. The largest absolute Gasteiger partial charge is 0.334 e. The molecule has 2 N–H and O–H groups in total. The summed E-state index contributed by atoms with van der Waals surface area (Å²) >= 11 is 0. The van der Waals surface area contributed by atoms with Crippen LogP contribution >= 0.6 is 0 Å². The van der Waals surface area contributed by atoms with Crippen molar-refractivity contribution in [1.29, 1.82) is 0 Å². The number of para-hydroxylation sites is 1. The number of aromatic nitrogens is 2. The molecule has 0 bridgehead atoms. The van der Waals surface area contributed by atoms with Crippen LogP contribution in [0.5, 0.6) is 0 Å². The summed E-state index contributed by atoms with van der Waals surface area (Å²) in [5.41, 5.74) is 2.89. The minimum Gasteiger partial charge on any atom is -0.334 e. The summed E-state index contributed by atoms with van der Waals surface area (Å²) in [5, 5.41) is 3.33. The van der Waals surface area contributed by atoms with Gasteiger partial charge in [-0.2, -0.15) is 0 Å². The molecule has 1 aliphatic rings. The van der Waals surface area contributed by atoms with E-state index in [4.69, 9.17) is 0 Å². The Labute approximate surface area is 112 Å². The molecule has 0 unspecified atom stereocenters. The van der Waals surface area contributed by atoms with Gasteiger partial charge in [-0.05, 0) is 25.5 Å². The Kier molecular flexibility index (Phi) is 2.98. The van der Waals surface area contributed by atoms with Gasteiger partial charge >= 0.3 is 0 Å². The van der Waals surface area contributed by atoms with E-state index < -0.39 is 0 Å². The minimum absolute atomic E-state index is 0.0102. The van der Waals surface area contributed by atoms with Crippen LogP contribution in [0, 0.1) is 6.92 Å². The van der Waals surface area contributed by atoms with Crippen LogP contribution in [0.15, 0.2) is 18.2 Å². The van der Waals surface area contributed by atoms with Crippen molar-refractivity contribution in [3.05, 3.63) is 29.6 Å². The standard InChI is InChI=1S/C14H18N4O/c1-9-4-3-5-11-12(9)17-13(16-11)14(19)18-7-6-15-10(2)8-18/h3-5,10,15H,6-8H2,1-2H3,(H,16,17)/t10-/m1/s1. The van der Waals surface area contributed by atoms with Crippen molar-refractivity contribution in [2.75, 3.05) is 19.6 Å². The third-order valence-corrected chi connectivity index (χ3v) is 3.57. The number of carbonyl (C=O) groups excluding carboxylic acids is 1. The number of amides is 1. The van der Waals surface area contributed by atoms with Gasteiger partial charge in [-0.1, -0.05) is 12.1 Å². The first-order valence-corrected chi connectivity index (χ1v) is 6.63. The van der Waals surface area contributed by atoms with Crippen molar-refractivity contribution in [2.24, 2.45) is 0 Å². The van der Waals surface area contributed by atoms with Crippen molar-refractivity contribution in [3.63, 3.8) is 0 Å². The second kappa shape index (κ2) is 4.66. The molecule has 0 spiro atoms. The number of carbonyl (C=O) groups is 1. The summed E-state index contributed by atoms with van der Waals surface area (Å²) in [5.74, 6) is 0.433. The van der Waals surface area contributed by atoms with Crippen molar-refractivity contribution >= 4 is 16.9 Å². The first kappa shape index (κ1) is 12.2. The van der Waals surface area contributed by atoms with Crippen LogP contribution < -0.4 is 5.32 Å². The van der Waals surface area contributed by atoms with Crippen molar-refractivity contribution in [1.82, 2.24) is 20.2 Å². The number of aryl methyl sites for hydroxylation is 1. The zero-order valence-electron chi connectivity index (χ0n) is 11.2. The highest BCUT2D eigenvalue weighted by atomic mass is 16.2. The maximum atomic E-state index is 12.4. The number of piperazine rings is 1. The number of nitrogens with one attached hydrogen (secondary N) is 2. The average molecular weight is 258 g/mol. The highest BCUT2D eigenvalue weighted by Crippen LogP contribution is 2.16. The van der Waals surface area contributed by atoms with Gasteiger partial charge < -0.3 is 15.2 Å². The summed E-state index contributed by atoms with van der Waals surface area (Å²) in [6, 6.07) is 6.26. The fourth-order valence-corrected chi connectivity index (χ4v) is 2.54. The van der Waals surface area contributed by atoms with Gasteiger partial charge in [-0.3, -0.25) is 4.79 Å². The Bertz CT molecular complexity index is 619. The molecule has 1 aliphatic heterocycles. The smallest absolute Gasteiger partial charge is 0.289 e. The molecule has 1 fully saturated rings. The van der Waals surface area contributed by atoms with Crippen LogP contribution in [-0.4, -0.2) is 46.5 Å². The Morgan fingerprint density at radius 2 is 2.32 bits per heavy atom. The van der Waals surface area contributed by atoms with E-state index in [-0.39, 0.29) is 5.91 Å². The van der Waals surface area contributed by atoms with E-state index >= 15 is 0 Å². The molecule has 2 heterocycles. The number of nitrogens with zero attached hydrogens (tertiary/aromatic N) is 2. The van der Waals surface area contributed by atoms with Crippen LogP contribution in [0.3, 0.4) is 0 Å². The highest BCUT2D eigenvalue weighted by molar-refractivity contribution is 5.94. The molecule has 1 saturated heterocycles. The summed E-state index contributed by atoms with van der Waals surface area (Å²) in [4.78, 5) is 21.9. The van der Waals surface area contributed by atoms with Gasteiger partial charge in [0, 0.05) is 25.7 Å². The monoisotopic (exact) mass is 258 g/mol. The van der Waals surface area contributed by atoms with Crippen LogP contribution in [0.25, 0.3) is 11.0 Å². The summed E-state index contributed by atoms with van der Waals surface area (Å²) in [7, 11) is 0. The van der Waals surface area contributed by atoms with Gasteiger partial charge in [0.2, 0.25) is 0 Å². The normalized spacial score (nSPS) is 19.9. The molecule has 19 heavy (non-hydrogen) atoms. The third-order valence-electron chi connectivity index (χ3n) is 3.57. The molecule has 5 nitrogen and oxygen atoms in total. The lowest BCUT2D eigenvalue weighted by molar-refractivity contribution is 0.0698. The number of H-pyrrole nitrogens is 1. The first-order valence-electron chi connectivity index (χ1n) is 6.63. The molecule has 0 aliphatic carbocycles. The van der Waals surface area contributed by atoms with Gasteiger partial charge in [-0.25, -0.2) is 4.98 Å². The Balaban J connectivity index is 1.91. The number of rotatable bonds is 1. The summed E-state index contributed by atoms with van der Waals surface area (Å²) < 4.78 is 0. The van der Waals surface area contributed by atoms with Crippen LogP contribution in [-0.2, 0) is 0 Å². The lowest BCUT2D eigenvalue weighted by Gasteiger charge is -2.31. The van der Waals surface area contributed by atoms with Crippen LogP contribution in [0.2, 0.25) is 0 Å². The topological polar surface area (TPSA) is 61.0 Å². The summed E-state index contributed by atoms with van der Waals surface area (Å²) in [6.45, 7) is 6.40. The predicted octanol–water partition coefficient (Wildman–Crippen LogP) is 1.31. The molecule has 3 rings (SSSR count). The van der Waals surface area contributed by atoms with Gasteiger partial charge in [0.1, 0.15) is 0 Å². The van der Waals surface area contributed by atoms with Crippen molar-refractivity contribution < 1.29 is 4.79 Å². The molecule has 1 aromatic heterocycles. The molecule has 2 aromatic rings. The molecule has 1 aromatic carbocycles.